The summed E-state index contributed by atoms with van der Waals surface area (Å²) in [6.07, 6.45) is 0.927. The minimum Gasteiger partial charge on any atom is -0.379 e. The van der Waals surface area contributed by atoms with Crippen LogP contribution in [0.25, 0.3) is 0 Å². The van der Waals surface area contributed by atoms with Crippen LogP contribution in [-0.4, -0.2) is 42.1 Å². The first-order chi connectivity index (χ1) is 8.61. The maximum atomic E-state index is 13.0. The van der Waals surface area contributed by atoms with Crippen LogP contribution in [0.1, 0.15) is 23.8 Å². The first-order valence-corrected chi connectivity index (χ1v) is 6.06. The third-order valence-electron chi connectivity index (χ3n) is 3.41. The van der Waals surface area contributed by atoms with Crippen molar-refractivity contribution in [1.82, 2.24) is 9.88 Å². The maximum Gasteiger partial charge on any atom is 0.272 e. The second-order valence-electron chi connectivity index (χ2n) is 4.64. The van der Waals surface area contributed by atoms with Crippen LogP contribution < -0.4 is 0 Å². The van der Waals surface area contributed by atoms with E-state index < -0.39 is 5.95 Å². The third-order valence-corrected chi connectivity index (χ3v) is 3.41. The van der Waals surface area contributed by atoms with Gasteiger partial charge in [0.05, 0.1) is 6.10 Å². The van der Waals surface area contributed by atoms with E-state index in [2.05, 4.69) is 11.9 Å². The second kappa shape index (κ2) is 5.44. The molecule has 0 N–H and O–H groups in total. The summed E-state index contributed by atoms with van der Waals surface area (Å²) < 4.78 is 18.3. The van der Waals surface area contributed by atoms with Crippen molar-refractivity contribution in [2.75, 3.05) is 20.2 Å². The summed E-state index contributed by atoms with van der Waals surface area (Å²) in [5.74, 6) is -0.433. The Morgan fingerprint density at radius 2 is 2.33 bits per heavy atom. The fraction of sp³-hybridized carbons (Fsp3) is 0.538. The zero-order chi connectivity index (χ0) is 13.1. The van der Waals surface area contributed by atoms with E-state index >= 15 is 0 Å². The molecule has 0 aliphatic carbocycles. The third kappa shape index (κ3) is 2.67. The monoisotopic (exact) mass is 252 g/mol. The molecule has 1 saturated heterocycles. The van der Waals surface area contributed by atoms with Crippen LogP contribution in [0, 0.1) is 11.9 Å². The fourth-order valence-corrected chi connectivity index (χ4v) is 2.21. The molecule has 2 rings (SSSR count). The molecule has 0 spiro atoms. The van der Waals surface area contributed by atoms with Gasteiger partial charge >= 0.3 is 0 Å². The van der Waals surface area contributed by atoms with Gasteiger partial charge in [0.25, 0.3) is 5.91 Å². The minimum atomic E-state index is -0.630. The van der Waals surface area contributed by atoms with Crippen LogP contribution in [0.3, 0.4) is 0 Å². The molecule has 1 aliphatic rings. The summed E-state index contributed by atoms with van der Waals surface area (Å²) in [5.41, 5.74) is 0.152. The number of rotatable bonds is 2. The Kier molecular flexibility index (Phi) is 3.91. The first kappa shape index (κ1) is 13.0. The van der Waals surface area contributed by atoms with E-state index in [1.165, 1.54) is 18.2 Å². The van der Waals surface area contributed by atoms with Crippen LogP contribution in [0.2, 0.25) is 0 Å². The minimum absolute atomic E-state index is 0.0382. The molecule has 1 aliphatic heterocycles. The topological polar surface area (TPSA) is 42.4 Å². The van der Waals surface area contributed by atoms with Gasteiger partial charge in [0.2, 0.25) is 5.95 Å². The van der Waals surface area contributed by atoms with E-state index in [-0.39, 0.29) is 17.7 Å². The van der Waals surface area contributed by atoms with Crippen LogP contribution in [0.4, 0.5) is 4.39 Å². The van der Waals surface area contributed by atoms with Crippen molar-refractivity contribution in [1.29, 1.82) is 0 Å². The number of likely N-dealkylation sites (tertiary alicyclic amines) is 1. The number of halogens is 1. The number of hydrogen-bond donors (Lipinski definition) is 0. The molecule has 0 bridgehead atoms. The van der Waals surface area contributed by atoms with Gasteiger partial charge in [0.15, 0.2) is 0 Å². The Bertz CT molecular complexity index is 439. The van der Waals surface area contributed by atoms with Crippen molar-refractivity contribution in [3.8, 4) is 0 Å². The highest BCUT2D eigenvalue weighted by Gasteiger charge is 2.29. The normalized spacial score (nSPS) is 24.1. The van der Waals surface area contributed by atoms with E-state index in [9.17, 15) is 9.18 Å². The molecule has 4 nitrogen and oxygen atoms in total. The summed E-state index contributed by atoms with van der Waals surface area (Å²) in [7, 11) is 1.65. The smallest absolute Gasteiger partial charge is 0.272 e. The van der Waals surface area contributed by atoms with Gasteiger partial charge in [0.1, 0.15) is 5.69 Å². The lowest BCUT2D eigenvalue weighted by Gasteiger charge is -2.36. The molecule has 1 amide bonds. The second-order valence-corrected chi connectivity index (χ2v) is 4.64. The number of methoxy groups -OCH3 is 1. The number of pyridine rings is 1. The standard InChI is InChI=1S/C13H17FN2O2/c1-9-6-7-16(8-11(9)18-2)13(17)10-4-3-5-12(14)15-10/h3-5,9,11H,6-8H2,1-2H3. The molecule has 0 radical (unpaired) electrons. The highest BCUT2D eigenvalue weighted by molar-refractivity contribution is 5.92. The Morgan fingerprint density at radius 1 is 1.56 bits per heavy atom. The molecule has 5 heteroatoms. The highest BCUT2D eigenvalue weighted by Crippen LogP contribution is 2.20. The molecule has 98 valence electrons. The maximum absolute atomic E-state index is 13.0. The number of aromatic nitrogens is 1. The van der Waals surface area contributed by atoms with E-state index in [0.717, 1.165) is 6.42 Å². The molecular weight excluding hydrogens is 235 g/mol. The van der Waals surface area contributed by atoms with E-state index in [4.69, 9.17) is 4.74 Å². The van der Waals surface area contributed by atoms with Crippen molar-refractivity contribution in [2.45, 2.75) is 19.4 Å². The number of piperidine rings is 1. The fourth-order valence-electron chi connectivity index (χ4n) is 2.21. The number of nitrogens with zero attached hydrogens (tertiary/aromatic N) is 2. The zero-order valence-electron chi connectivity index (χ0n) is 10.6. The van der Waals surface area contributed by atoms with E-state index in [1.807, 2.05) is 0 Å². The molecule has 18 heavy (non-hydrogen) atoms. The quantitative estimate of drug-likeness (QED) is 0.753. The molecule has 2 heterocycles. The Hall–Kier alpha value is -1.49. The summed E-state index contributed by atoms with van der Waals surface area (Å²) in [6, 6.07) is 4.26. The van der Waals surface area contributed by atoms with E-state index in [1.54, 1.807) is 12.0 Å². The van der Waals surface area contributed by atoms with Crippen molar-refractivity contribution in [3.63, 3.8) is 0 Å². The lowest BCUT2D eigenvalue weighted by atomic mass is 9.95. The molecule has 1 fully saturated rings. The van der Waals surface area contributed by atoms with Gasteiger partial charge in [-0.05, 0) is 24.5 Å². The predicted octanol–water partition coefficient (Wildman–Crippen LogP) is 1.72. The van der Waals surface area contributed by atoms with Gasteiger partial charge in [-0.15, -0.1) is 0 Å². The van der Waals surface area contributed by atoms with Gasteiger partial charge in [-0.1, -0.05) is 13.0 Å². The average Bonchev–Trinajstić information content (AvgIpc) is 2.38. The number of ether oxygens (including phenoxy) is 1. The van der Waals surface area contributed by atoms with Crippen LogP contribution in [0.5, 0.6) is 0 Å². The summed E-state index contributed by atoms with van der Waals surface area (Å²) in [4.78, 5) is 17.5. The van der Waals surface area contributed by atoms with Gasteiger partial charge in [-0.3, -0.25) is 4.79 Å². The Morgan fingerprint density at radius 3 is 3.00 bits per heavy atom. The molecular formula is C13H17FN2O2. The van der Waals surface area contributed by atoms with Crippen molar-refractivity contribution >= 4 is 5.91 Å². The predicted molar refractivity (Wildman–Crippen MR) is 64.7 cm³/mol. The van der Waals surface area contributed by atoms with Crippen molar-refractivity contribution < 1.29 is 13.9 Å². The number of hydrogen-bond acceptors (Lipinski definition) is 3. The lowest BCUT2D eigenvalue weighted by molar-refractivity contribution is -0.00180. The largest absolute Gasteiger partial charge is 0.379 e. The van der Waals surface area contributed by atoms with E-state index in [0.29, 0.717) is 19.0 Å². The molecule has 1 aromatic rings. The van der Waals surface area contributed by atoms with Crippen molar-refractivity contribution in [2.24, 2.45) is 5.92 Å². The highest BCUT2D eigenvalue weighted by atomic mass is 19.1. The number of carbonyl (C=O) groups is 1. The van der Waals surface area contributed by atoms with Crippen LogP contribution in [0.15, 0.2) is 18.2 Å². The molecule has 2 atom stereocenters. The zero-order valence-corrected chi connectivity index (χ0v) is 10.6. The van der Waals surface area contributed by atoms with Gasteiger partial charge in [-0.2, -0.15) is 4.39 Å². The Labute approximate surface area is 106 Å². The molecule has 0 saturated carbocycles. The summed E-state index contributed by atoms with van der Waals surface area (Å²) in [5, 5.41) is 0. The number of amides is 1. The van der Waals surface area contributed by atoms with Gasteiger partial charge < -0.3 is 9.64 Å². The first-order valence-electron chi connectivity index (χ1n) is 6.06. The Balaban J connectivity index is 2.10. The molecule has 0 aromatic carbocycles. The van der Waals surface area contributed by atoms with Gasteiger partial charge in [0, 0.05) is 20.2 Å². The van der Waals surface area contributed by atoms with Gasteiger partial charge in [-0.25, -0.2) is 4.98 Å². The lowest BCUT2D eigenvalue weighted by Crippen LogP contribution is -2.46. The summed E-state index contributed by atoms with van der Waals surface area (Å²) in [6.45, 7) is 3.31. The van der Waals surface area contributed by atoms with Crippen LogP contribution in [-0.2, 0) is 4.74 Å². The van der Waals surface area contributed by atoms with Crippen LogP contribution >= 0.6 is 0 Å². The van der Waals surface area contributed by atoms with Crippen molar-refractivity contribution in [3.05, 3.63) is 29.8 Å². The molecule has 1 aromatic heterocycles. The SMILES string of the molecule is COC1CN(C(=O)c2cccc(F)n2)CCC1C. The number of carbonyl (C=O) groups excluding carboxylic acids is 1. The molecule has 2 unspecified atom stereocenters. The average molecular weight is 252 g/mol. The summed E-state index contributed by atoms with van der Waals surface area (Å²) >= 11 is 0.